The molecule has 1 aliphatic heterocycles. The van der Waals surface area contributed by atoms with Crippen molar-refractivity contribution in [3.05, 3.63) is 77.6 Å². The van der Waals surface area contributed by atoms with Crippen molar-refractivity contribution in [2.45, 2.75) is 44.4 Å². The van der Waals surface area contributed by atoms with E-state index >= 15 is 0 Å². The third kappa shape index (κ3) is 5.34. The lowest BCUT2D eigenvalue weighted by Gasteiger charge is -2.12. The molecule has 3 aromatic rings. The van der Waals surface area contributed by atoms with Gasteiger partial charge in [-0.15, -0.1) is 0 Å². The molecule has 33 heavy (non-hydrogen) atoms. The van der Waals surface area contributed by atoms with E-state index in [9.17, 15) is 13.2 Å². The van der Waals surface area contributed by atoms with E-state index in [0.29, 0.717) is 30.1 Å². The number of amidine groups is 1. The van der Waals surface area contributed by atoms with E-state index in [1.807, 2.05) is 26.0 Å². The summed E-state index contributed by atoms with van der Waals surface area (Å²) < 4.78 is 30.0. The number of amides is 1. The Kier molecular flexibility index (Phi) is 6.65. The number of sulfonamides is 1. The highest BCUT2D eigenvalue weighted by Crippen LogP contribution is 2.19. The molecule has 1 amide bonds. The first-order valence-corrected chi connectivity index (χ1v) is 12.5. The smallest absolute Gasteiger partial charge is 0.262 e. The standard InChI is InChI=1S/C25H28N4O3S/c1-18-7-8-19(2)29(18)22-13-9-20(10-14-22)25(30)27-21-11-15-23(16-12-21)33(31,32)28-24-6-4-3-5-17-26-24/h7-16H,3-6,17H2,1-2H3,(H,26,28)(H,27,30). The molecule has 0 aliphatic carbocycles. The molecule has 4 rings (SSSR count). The number of carbonyl (C=O) groups is 1. The van der Waals surface area contributed by atoms with Gasteiger partial charge in [-0.25, -0.2) is 8.42 Å². The number of nitrogens with one attached hydrogen (secondary N) is 2. The van der Waals surface area contributed by atoms with E-state index in [0.717, 1.165) is 36.3 Å². The van der Waals surface area contributed by atoms with Gasteiger partial charge in [0.05, 0.1) is 4.90 Å². The number of hydrogen-bond acceptors (Lipinski definition) is 4. The van der Waals surface area contributed by atoms with Crippen molar-refractivity contribution in [2.75, 3.05) is 11.9 Å². The molecule has 8 heteroatoms. The van der Waals surface area contributed by atoms with Crippen LogP contribution in [0.25, 0.3) is 5.69 Å². The molecular formula is C25H28N4O3S. The second kappa shape index (κ2) is 9.62. The Morgan fingerprint density at radius 2 is 1.55 bits per heavy atom. The number of rotatable bonds is 5. The molecule has 2 aromatic carbocycles. The summed E-state index contributed by atoms with van der Waals surface area (Å²) in [6, 6.07) is 17.6. The molecule has 0 spiro atoms. The molecule has 0 radical (unpaired) electrons. The maximum Gasteiger partial charge on any atom is 0.262 e. The number of carbonyl (C=O) groups excluding carboxylic acids is 1. The summed E-state index contributed by atoms with van der Waals surface area (Å²) >= 11 is 0. The minimum Gasteiger partial charge on any atom is -0.322 e. The molecule has 0 atom stereocenters. The Morgan fingerprint density at radius 3 is 2.21 bits per heavy atom. The number of anilines is 1. The van der Waals surface area contributed by atoms with E-state index in [-0.39, 0.29) is 10.8 Å². The van der Waals surface area contributed by atoms with Gasteiger partial charge in [0.2, 0.25) is 0 Å². The summed E-state index contributed by atoms with van der Waals surface area (Å²) in [5.74, 6) is 0.252. The SMILES string of the molecule is Cc1ccc(C)n1-c1ccc(C(=O)Nc2ccc(S(=O)(=O)NC3=NCCCCC3)cc2)cc1. The van der Waals surface area contributed by atoms with Crippen molar-refractivity contribution in [2.24, 2.45) is 4.99 Å². The van der Waals surface area contributed by atoms with Crippen LogP contribution in [0.1, 0.15) is 47.4 Å². The molecule has 2 heterocycles. The average Bonchev–Trinajstić information content (AvgIpc) is 2.97. The highest BCUT2D eigenvalue weighted by Gasteiger charge is 2.17. The summed E-state index contributed by atoms with van der Waals surface area (Å²) in [6.07, 6.45) is 3.60. The molecule has 1 aliphatic rings. The van der Waals surface area contributed by atoms with E-state index in [1.54, 1.807) is 24.3 Å². The minimum atomic E-state index is -3.70. The van der Waals surface area contributed by atoms with Gasteiger partial charge in [-0.1, -0.05) is 6.42 Å². The topological polar surface area (TPSA) is 92.6 Å². The van der Waals surface area contributed by atoms with Crippen molar-refractivity contribution >= 4 is 27.5 Å². The van der Waals surface area contributed by atoms with E-state index in [2.05, 4.69) is 31.7 Å². The Hall–Kier alpha value is -3.39. The fourth-order valence-corrected chi connectivity index (χ4v) is 5.02. The van der Waals surface area contributed by atoms with Crippen LogP contribution in [0.2, 0.25) is 0 Å². The van der Waals surface area contributed by atoms with Crippen molar-refractivity contribution in [1.29, 1.82) is 0 Å². The van der Waals surface area contributed by atoms with Crippen LogP contribution in [-0.2, 0) is 10.0 Å². The zero-order valence-electron chi connectivity index (χ0n) is 18.8. The molecule has 0 saturated heterocycles. The maximum atomic E-state index is 12.7. The Balaban J connectivity index is 1.42. The first-order chi connectivity index (χ1) is 15.8. The van der Waals surface area contributed by atoms with Gasteiger partial charge < -0.3 is 9.88 Å². The Labute approximate surface area is 194 Å². The monoisotopic (exact) mass is 464 g/mol. The molecule has 0 saturated carbocycles. The second-order valence-electron chi connectivity index (χ2n) is 8.22. The predicted octanol–water partition coefficient (Wildman–Crippen LogP) is 4.60. The lowest BCUT2D eigenvalue weighted by atomic mass is 10.2. The van der Waals surface area contributed by atoms with Crippen LogP contribution in [-0.4, -0.2) is 31.3 Å². The fourth-order valence-electron chi connectivity index (χ4n) is 3.93. The van der Waals surface area contributed by atoms with Crippen LogP contribution in [0.15, 0.2) is 70.6 Å². The molecule has 1 aromatic heterocycles. The predicted molar refractivity (Wildman–Crippen MR) is 131 cm³/mol. The van der Waals surface area contributed by atoms with Crippen molar-refractivity contribution in [3.8, 4) is 5.69 Å². The number of benzene rings is 2. The van der Waals surface area contributed by atoms with Gasteiger partial charge in [-0.05, 0) is 87.4 Å². The number of aliphatic imine (C=N–C) groups is 1. The van der Waals surface area contributed by atoms with Crippen LogP contribution in [0.5, 0.6) is 0 Å². The number of aromatic nitrogens is 1. The van der Waals surface area contributed by atoms with E-state index in [1.165, 1.54) is 12.1 Å². The van der Waals surface area contributed by atoms with Gasteiger partial charge in [0.1, 0.15) is 5.84 Å². The average molecular weight is 465 g/mol. The third-order valence-electron chi connectivity index (χ3n) is 5.71. The van der Waals surface area contributed by atoms with Crippen molar-refractivity contribution in [1.82, 2.24) is 9.29 Å². The summed E-state index contributed by atoms with van der Waals surface area (Å²) in [6.45, 7) is 4.72. The van der Waals surface area contributed by atoms with Gasteiger partial charge in [-0.2, -0.15) is 0 Å². The Bertz CT molecular complexity index is 1250. The zero-order chi connectivity index (χ0) is 23.4. The molecule has 7 nitrogen and oxygen atoms in total. The normalized spacial score (nSPS) is 14.3. The summed E-state index contributed by atoms with van der Waals surface area (Å²) in [4.78, 5) is 17.1. The lowest BCUT2D eigenvalue weighted by molar-refractivity contribution is 0.102. The van der Waals surface area contributed by atoms with Gasteiger partial charge in [-0.3, -0.25) is 14.5 Å². The molecule has 0 fully saturated rings. The summed E-state index contributed by atoms with van der Waals surface area (Å²) in [7, 11) is -3.70. The zero-order valence-corrected chi connectivity index (χ0v) is 19.7. The van der Waals surface area contributed by atoms with Gasteiger partial charge >= 0.3 is 0 Å². The first-order valence-electron chi connectivity index (χ1n) is 11.1. The molecule has 172 valence electrons. The molecular weight excluding hydrogens is 436 g/mol. The van der Waals surface area contributed by atoms with E-state index in [4.69, 9.17) is 0 Å². The fraction of sp³-hybridized carbons (Fsp3) is 0.280. The minimum absolute atomic E-state index is 0.134. The van der Waals surface area contributed by atoms with Crippen LogP contribution in [0.4, 0.5) is 5.69 Å². The quantitative estimate of drug-likeness (QED) is 0.578. The van der Waals surface area contributed by atoms with Gasteiger partial charge in [0, 0.05) is 41.3 Å². The number of hydrogen-bond donors (Lipinski definition) is 2. The molecule has 0 unspecified atom stereocenters. The van der Waals surface area contributed by atoms with Gasteiger partial charge in [0.25, 0.3) is 15.9 Å². The molecule has 0 bridgehead atoms. The molecule has 2 N–H and O–H groups in total. The first kappa shape index (κ1) is 22.8. The lowest BCUT2D eigenvalue weighted by Crippen LogP contribution is -2.30. The summed E-state index contributed by atoms with van der Waals surface area (Å²) in [5.41, 5.74) is 4.28. The second-order valence-corrected chi connectivity index (χ2v) is 9.90. The van der Waals surface area contributed by atoms with Crippen molar-refractivity contribution < 1.29 is 13.2 Å². The highest BCUT2D eigenvalue weighted by molar-refractivity contribution is 7.90. The van der Waals surface area contributed by atoms with Crippen LogP contribution in [0.3, 0.4) is 0 Å². The Morgan fingerprint density at radius 1 is 0.879 bits per heavy atom. The van der Waals surface area contributed by atoms with Crippen LogP contribution >= 0.6 is 0 Å². The maximum absolute atomic E-state index is 12.7. The summed E-state index contributed by atoms with van der Waals surface area (Å²) in [5, 5.41) is 2.82. The van der Waals surface area contributed by atoms with Crippen LogP contribution in [0, 0.1) is 13.8 Å². The highest BCUT2D eigenvalue weighted by atomic mass is 32.2. The number of nitrogens with zero attached hydrogens (tertiary/aromatic N) is 2. The third-order valence-corrected chi connectivity index (χ3v) is 7.10. The van der Waals surface area contributed by atoms with Crippen LogP contribution < -0.4 is 10.0 Å². The van der Waals surface area contributed by atoms with Gasteiger partial charge in [0.15, 0.2) is 0 Å². The largest absolute Gasteiger partial charge is 0.322 e. The van der Waals surface area contributed by atoms with Crippen molar-refractivity contribution in [3.63, 3.8) is 0 Å². The number of aryl methyl sites for hydroxylation is 2. The van der Waals surface area contributed by atoms with E-state index < -0.39 is 10.0 Å².